The molecule has 5 heteroatoms. The van der Waals surface area contributed by atoms with Crippen LogP contribution in [0.4, 0.5) is 0 Å². The molecule has 1 aliphatic heterocycles. The van der Waals surface area contributed by atoms with Gasteiger partial charge in [-0.15, -0.1) is 0 Å². The minimum atomic E-state index is -0.340. The van der Waals surface area contributed by atoms with E-state index in [0.717, 1.165) is 27.6 Å². The Morgan fingerprint density at radius 1 is 1.41 bits per heavy atom. The van der Waals surface area contributed by atoms with Gasteiger partial charge in [-0.2, -0.15) is 5.10 Å². The summed E-state index contributed by atoms with van der Waals surface area (Å²) in [7, 11) is 1.76. The van der Waals surface area contributed by atoms with Gasteiger partial charge in [0.15, 0.2) is 0 Å². The van der Waals surface area contributed by atoms with Crippen LogP contribution < -0.4 is 0 Å². The second-order valence-electron chi connectivity index (χ2n) is 6.29. The number of hydrazone groups is 1. The quantitative estimate of drug-likeness (QED) is 0.746. The van der Waals surface area contributed by atoms with Crippen LogP contribution in [0.3, 0.4) is 0 Å². The number of carbonyl (C=O) groups is 1. The molecule has 1 heterocycles. The Kier molecular flexibility index (Phi) is 4.37. The highest BCUT2D eigenvalue weighted by atomic mass is 79.9. The number of hydrogen-bond acceptors (Lipinski definition) is 4. The summed E-state index contributed by atoms with van der Waals surface area (Å²) in [4.78, 5) is 11.7. The molecular weight excluding hydrogens is 344 g/mol. The molecule has 0 bridgehead atoms. The zero-order chi connectivity index (χ0) is 15.9. The van der Waals surface area contributed by atoms with Crippen molar-refractivity contribution in [2.45, 2.75) is 44.9 Å². The maximum absolute atomic E-state index is 11.7. The van der Waals surface area contributed by atoms with Crippen molar-refractivity contribution in [3.8, 4) is 0 Å². The summed E-state index contributed by atoms with van der Waals surface area (Å²) in [5.41, 5.74) is 3.15. The van der Waals surface area contributed by atoms with Gasteiger partial charge >= 0.3 is 0 Å². The molecule has 1 saturated carbocycles. The predicted molar refractivity (Wildman–Crippen MR) is 90.2 cm³/mol. The summed E-state index contributed by atoms with van der Waals surface area (Å²) >= 11 is 3.53. The molecule has 1 aliphatic carbocycles. The minimum Gasteiger partial charge on any atom is -0.376 e. The Labute approximate surface area is 139 Å². The fourth-order valence-corrected chi connectivity index (χ4v) is 3.67. The first-order valence-corrected chi connectivity index (χ1v) is 8.50. The second-order valence-corrected chi connectivity index (χ2v) is 7.04. The van der Waals surface area contributed by atoms with Crippen molar-refractivity contribution in [3.63, 3.8) is 0 Å². The van der Waals surface area contributed by atoms with E-state index in [2.05, 4.69) is 33.2 Å². The molecule has 1 fully saturated rings. The van der Waals surface area contributed by atoms with E-state index in [-0.39, 0.29) is 18.2 Å². The third kappa shape index (κ3) is 2.72. The summed E-state index contributed by atoms with van der Waals surface area (Å²) in [5, 5.41) is 6.37. The number of methoxy groups -OCH3 is 1. The van der Waals surface area contributed by atoms with Gasteiger partial charge in [-0.1, -0.05) is 12.1 Å². The number of rotatable bonds is 5. The van der Waals surface area contributed by atoms with Crippen LogP contribution >= 0.6 is 15.9 Å². The lowest BCUT2D eigenvalue weighted by molar-refractivity contribution is -0.113. The number of nitrogens with zero attached hydrogens (tertiary/aromatic N) is 2. The summed E-state index contributed by atoms with van der Waals surface area (Å²) in [6, 6.07) is 6.07. The van der Waals surface area contributed by atoms with Gasteiger partial charge in [0.1, 0.15) is 16.9 Å². The molecule has 118 valence electrons. The number of benzene rings is 1. The molecule has 0 radical (unpaired) electrons. The first-order valence-electron chi connectivity index (χ1n) is 7.71. The molecule has 1 aromatic carbocycles. The Balaban J connectivity index is 2.04. The van der Waals surface area contributed by atoms with Crippen LogP contribution in [-0.4, -0.2) is 29.1 Å². The minimum absolute atomic E-state index is 0.128. The molecule has 2 unspecified atom stereocenters. The standard InChI is InChI=1S/C17H21BrN2O2/c1-10(2)20-15(9-21)14-8-12(16(22-3)11-4-5-11)6-7-13(14)17(18)19-20/h6-11,15-16H,4-5H2,1-3H3. The van der Waals surface area contributed by atoms with Crippen LogP contribution in [-0.2, 0) is 9.53 Å². The highest BCUT2D eigenvalue weighted by Crippen LogP contribution is 2.44. The number of aldehydes is 1. The average Bonchev–Trinajstić information content (AvgIpc) is 3.32. The smallest absolute Gasteiger partial charge is 0.148 e. The first-order chi connectivity index (χ1) is 10.6. The Morgan fingerprint density at radius 2 is 2.14 bits per heavy atom. The molecule has 2 aliphatic rings. The van der Waals surface area contributed by atoms with Crippen LogP contribution in [0, 0.1) is 5.92 Å². The van der Waals surface area contributed by atoms with Crippen molar-refractivity contribution in [3.05, 3.63) is 34.9 Å². The van der Waals surface area contributed by atoms with Crippen LogP contribution in [0.5, 0.6) is 0 Å². The Bertz CT molecular complexity index is 611. The van der Waals surface area contributed by atoms with E-state index in [9.17, 15) is 4.79 Å². The van der Waals surface area contributed by atoms with E-state index in [1.165, 1.54) is 12.8 Å². The van der Waals surface area contributed by atoms with Gasteiger partial charge in [0, 0.05) is 18.7 Å². The molecule has 4 nitrogen and oxygen atoms in total. The largest absolute Gasteiger partial charge is 0.376 e. The zero-order valence-electron chi connectivity index (χ0n) is 13.1. The van der Waals surface area contributed by atoms with Crippen molar-refractivity contribution in [1.82, 2.24) is 5.01 Å². The van der Waals surface area contributed by atoms with Gasteiger partial charge in [0.05, 0.1) is 6.10 Å². The number of ether oxygens (including phenoxy) is 1. The normalized spacial score (nSPS) is 22.3. The fraction of sp³-hybridized carbons (Fsp3) is 0.529. The topological polar surface area (TPSA) is 41.9 Å². The molecular formula is C17H21BrN2O2. The van der Waals surface area contributed by atoms with Gasteiger partial charge in [0.2, 0.25) is 0 Å². The lowest BCUT2D eigenvalue weighted by atomic mass is 9.93. The monoisotopic (exact) mass is 364 g/mol. The van der Waals surface area contributed by atoms with Crippen molar-refractivity contribution in [2.24, 2.45) is 11.0 Å². The van der Waals surface area contributed by atoms with Crippen molar-refractivity contribution < 1.29 is 9.53 Å². The molecule has 0 amide bonds. The summed E-state index contributed by atoms with van der Waals surface area (Å²) < 4.78 is 6.46. The maximum Gasteiger partial charge on any atom is 0.148 e. The number of carbonyl (C=O) groups excluding carboxylic acids is 1. The zero-order valence-corrected chi connectivity index (χ0v) is 14.7. The number of halogens is 1. The van der Waals surface area contributed by atoms with Crippen molar-refractivity contribution >= 4 is 26.8 Å². The molecule has 0 aromatic heterocycles. The van der Waals surface area contributed by atoms with E-state index in [4.69, 9.17) is 4.74 Å². The van der Waals surface area contributed by atoms with Crippen LogP contribution in [0.1, 0.15) is 55.5 Å². The summed E-state index contributed by atoms with van der Waals surface area (Å²) in [6.07, 6.45) is 3.54. The van der Waals surface area contributed by atoms with Gasteiger partial charge in [-0.25, -0.2) is 0 Å². The van der Waals surface area contributed by atoms with Gasteiger partial charge in [-0.3, -0.25) is 5.01 Å². The fourth-order valence-electron chi connectivity index (χ4n) is 3.12. The number of hydrogen-bond donors (Lipinski definition) is 0. The lowest BCUT2D eigenvalue weighted by Gasteiger charge is -2.34. The highest BCUT2D eigenvalue weighted by Gasteiger charge is 2.35. The molecule has 1 aromatic rings. The average molecular weight is 365 g/mol. The lowest BCUT2D eigenvalue weighted by Crippen LogP contribution is -2.35. The van der Waals surface area contributed by atoms with Gasteiger partial charge < -0.3 is 9.53 Å². The van der Waals surface area contributed by atoms with Crippen molar-refractivity contribution in [2.75, 3.05) is 7.11 Å². The third-order valence-electron chi connectivity index (χ3n) is 4.40. The van der Waals surface area contributed by atoms with Crippen molar-refractivity contribution in [1.29, 1.82) is 0 Å². The van der Waals surface area contributed by atoms with E-state index < -0.39 is 0 Å². The molecule has 22 heavy (non-hydrogen) atoms. The van der Waals surface area contributed by atoms with E-state index in [1.807, 2.05) is 24.9 Å². The van der Waals surface area contributed by atoms with Gasteiger partial charge in [0.25, 0.3) is 0 Å². The molecule has 0 spiro atoms. The SMILES string of the molecule is COC(c1ccc2c(c1)C(C=O)N(C(C)C)N=C2Br)C1CC1. The summed E-state index contributed by atoms with van der Waals surface area (Å²) in [6.45, 7) is 4.08. The molecule has 0 saturated heterocycles. The molecule has 3 rings (SSSR count). The molecule has 0 N–H and O–H groups in total. The highest BCUT2D eigenvalue weighted by molar-refractivity contribution is 9.18. The van der Waals surface area contributed by atoms with E-state index >= 15 is 0 Å². The van der Waals surface area contributed by atoms with E-state index in [1.54, 1.807) is 7.11 Å². The van der Waals surface area contributed by atoms with Crippen LogP contribution in [0.25, 0.3) is 0 Å². The van der Waals surface area contributed by atoms with Crippen LogP contribution in [0.15, 0.2) is 23.3 Å². The predicted octanol–water partition coefficient (Wildman–Crippen LogP) is 3.80. The van der Waals surface area contributed by atoms with E-state index in [0.29, 0.717) is 5.92 Å². The Morgan fingerprint density at radius 3 is 2.68 bits per heavy atom. The first kappa shape index (κ1) is 15.7. The maximum atomic E-state index is 11.7. The van der Waals surface area contributed by atoms with Gasteiger partial charge in [-0.05, 0) is 65.7 Å². The van der Waals surface area contributed by atoms with Crippen LogP contribution in [0.2, 0.25) is 0 Å². The summed E-state index contributed by atoms with van der Waals surface area (Å²) in [5.74, 6) is 0.611. The number of fused-ring (bicyclic) bond motifs is 1. The molecule has 2 atom stereocenters. The Hall–Kier alpha value is -1.20. The third-order valence-corrected chi connectivity index (χ3v) is 4.98. The second kappa shape index (κ2) is 6.13.